The smallest absolute Gasteiger partial charge is 0.129 e. The van der Waals surface area contributed by atoms with Gasteiger partial charge in [0.25, 0.3) is 0 Å². The summed E-state index contributed by atoms with van der Waals surface area (Å²) in [5.41, 5.74) is 7.81. The molecule has 1 aliphatic heterocycles. The van der Waals surface area contributed by atoms with E-state index in [0.29, 0.717) is 11.1 Å². The average Bonchev–Trinajstić information content (AvgIpc) is 2.29. The Labute approximate surface area is 103 Å². The van der Waals surface area contributed by atoms with E-state index in [1.54, 1.807) is 6.20 Å². The predicted molar refractivity (Wildman–Crippen MR) is 70.0 cm³/mol. The highest BCUT2D eigenvalue weighted by Crippen LogP contribution is 2.30. The van der Waals surface area contributed by atoms with Crippen LogP contribution in [0.1, 0.15) is 25.3 Å². The summed E-state index contributed by atoms with van der Waals surface area (Å²) in [5, 5.41) is 3.43. The van der Waals surface area contributed by atoms with Crippen LogP contribution in [-0.2, 0) is 4.74 Å². The van der Waals surface area contributed by atoms with Crippen LogP contribution in [0, 0.1) is 12.3 Å². The molecule has 1 saturated heterocycles. The SMILES string of the molecule is Cc1cc(N)cnc1NCC1(C)CCOCC1. The second-order valence-corrected chi connectivity index (χ2v) is 5.21. The van der Waals surface area contributed by atoms with Gasteiger partial charge in [0.05, 0.1) is 11.9 Å². The van der Waals surface area contributed by atoms with Gasteiger partial charge in [0, 0.05) is 19.8 Å². The van der Waals surface area contributed by atoms with Crippen molar-refractivity contribution in [3.63, 3.8) is 0 Å². The minimum Gasteiger partial charge on any atom is -0.397 e. The normalized spacial score (nSPS) is 18.9. The molecule has 0 bridgehead atoms. The summed E-state index contributed by atoms with van der Waals surface area (Å²) in [6.45, 7) is 7.00. The van der Waals surface area contributed by atoms with E-state index in [1.807, 2.05) is 13.0 Å². The van der Waals surface area contributed by atoms with Gasteiger partial charge in [-0.25, -0.2) is 4.98 Å². The molecule has 1 aromatic heterocycles. The lowest BCUT2D eigenvalue weighted by Crippen LogP contribution is -2.33. The van der Waals surface area contributed by atoms with Crippen molar-refractivity contribution in [2.45, 2.75) is 26.7 Å². The fraction of sp³-hybridized carbons (Fsp3) is 0.615. The van der Waals surface area contributed by atoms with Crippen molar-refractivity contribution >= 4 is 11.5 Å². The Hall–Kier alpha value is -1.29. The average molecular weight is 235 g/mol. The van der Waals surface area contributed by atoms with Gasteiger partial charge < -0.3 is 15.8 Å². The fourth-order valence-electron chi connectivity index (χ4n) is 2.12. The van der Waals surface area contributed by atoms with E-state index in [1.165, 1.54) is 0 Å². The Morgan fingerprint density at radius 2 is 2.18 bits per heavy atom. The first-order chi connectivity index (χ1) is 8.09. The fourth-order valence-corrected chi connectivity index (χ4v) is 2.12. The zero-order chi connectivity index (χ0) is 12.3. The maximum Gasteiger partial charge on any atom is 0.129 e. The number of ether oxygens (including phenoxy) is 1. The van der Waals surface area contributed by atoms with Gasteiger partial charge in [-0.1, -0.05) is 6.92 Å². The lowest BCUT2D eigenvalue weighted by molar-refractivity contribution is 0.0299. The van der Waals surface area contributed by atoms with Crippen LogP contribution in [0.4, 0.5) is 11.5 Å². The standard InChI is InChI=1S/C13H21N3O/c1-10-7-11(14)8-15-12(10)16-9-13(2)3-5-17-6-4-13/h7-8H,3-6,9,14H2,1-2H3,(H,15,16). The molecule has 4 nitrogen and oxygen atoms in total. The third-order valence-corrected chi connectivity index (χ3v) is 3.48. The van der Waals surface area contributed by atoms with E-state index in [9.17, 15) is 0 Å². The summed E-state index contributed by atoms with van der Waals surface area (Å²) in [5.74, 6) is 0.937. The van der Waals surface area contributed by atoms with Crippen LogP contribution in [0.3, 0.4) is 0 Å². The molecule has 1 aromatic rings. The van der Waals surface area contributed by atoms with Crippen molar-refractivity contribution in [3.8, 4) is 0 Å². The number of nitrogen functional groups attached to an aromatic ring is 1. The van der Waals surface area contributed by atoms with Gasteiger partial charge in [0.2, 0.25) is 0 Å². The summed E-state index contributed by atoms with van der Waals surface area (Å²) in [4.78, 5) is 4.33. The molecule has 4 heteroatoms. The van der Waals surface area contributed by atoms with Gasteiger partial charge in [0.1, 0.15) is 5.82 Å². The van der Waals surface area contributed by atoms with Gasteiger partial charge in [-0.05, 0) is 36.8 Å². The van der Waals surface area contributed by atoms with Crippen molar-refractivity contribution in [3.05, 3.63) is 17.8 Å². The summed E-state index contributed by atoms with van der Waals surface area (Å²) in [6.07, 6.45) is 3.91. The number of hydrogen-bond donors (Lipinski definition) is 2. The topological polar surface area (TPSA) is 60.2 Å². The van der Waals surface area contributed by atoms with Gasteiger partial charge in [0.15, 0.2) is 0 Å². The third kappa shape index (κ3) is 3.09. The van der Waals surface area contributed by atoms with Crippen LogP contribution < -0.4 is 11.1 Å². The Bertz CT molecular complexity index is 386. The Morgan fingerprint density at radius 1 is 1.47 bits per heavy atom. The predicted octanol–water partition coefficient (Wildman–Crippen LogP) is 2.20. The molecule has 2 heterocycles. The summed E-state index contributed by atoms with van der Waals surface area (Å²) >= 11 is 0. The van der Waals surface area contributed by atoms with Crippen molar-refractivity contribution < 1.29 is 4.74 Å². The molecule has 1 aliphatic rings. The highest BCUT2D eigenvalue weighted by Gasteiger charge is 2.27. The Balaban J connectivity index is 1.97. The van der Waals surface area contributed by atoms with Crippen LogP contribution in [-0.4, -0.2) is 24.7 Å². The van der Waals surface area contributed by atoms with Crippen LogP contribution in [0.25, 0.3) is 0 Å². The molecule has 0 saturated carbocycles. The Morgan fingerprint density at radius 3 is 2.82 bits per heavy atom. The molecule has 2 rings (SSSR count). The van der Waals surface area contributed by atoms with Gasteiger partial charge in [-0.2, -0.15) is 0 Å². The molecule has 0 spiro atoms. The minimum atomic E-state index is 0.313. The van der Waals surface area contributed by atoms with Crippen molar-refractivity contribution in [2.75, 3.05) is 30.8 Å². The molecule has 0 aliphatic carbocycles. The molecule has 1 fully saturated rings. The largest absolute Gasteiger partial charge is 0.397 e. The molecule has 0 atom stereocenters. The van der Waals surface area contributed by atoms with E-state index in [0.717, 1.165) is 44.0 Å². The van der Waals surface area contributed by atoms with Gasteiger partial charge in [-0.3, -0.25) is 0 Å². The molecule has 0 aromatic carbocycles. The summed E-state index contributed by atoms with van der Waals surface area (Å²) in [7, 11) is 0. The molecule has 0 unspecified atom stereocenters. The first kappa shape index (κ1) is 12.2. The van der Waals surface area contributed by atoms with Gasteiger partial charge in [-0.15, -0.1) is 0 Å². The maximum atomic E-state index is 5.69. The number of anilines is 2. The maximum absolute atomic E-state index is 5.69. The molecule has 0 amide bonds. The summed E-state index contributed by atoms with van der Waals surface area (Å²) < 4.78 is 5.40. The van der Waals surface area contributed by atoms with Crippen molar-refractivity contribution in [1.29, 1.82) is 0 Å². The Kier molecular flexibility index (Phi) is 3.52. The number of aryl methyl sites for hydroxylation is 1. The number of rotatable bonds is 3. The zero-order valence-corrected chi connectivity index (χ0v) is 10.6. The van der Waals surface area contributed by atoms with Crippen LogP contribution in [0.2, 0.25) is 0 Å². The number of nitrogens with one attached hydrogen (secondary N) is 1. The van der Waals surface area contributed by atoms with E-state index in [2.05, 4.69) is 17.2 Å². The molecule has 3 N–H and O–H groups in total. The van der Waals surface area contributed by atoms with E-state index >= 15 is 0 Å². The van der Waals surface area contributed by atoms with E-state index in [4.69, 9.17) is 10.5 Å². The lowest BCUT2D eigenvalue weighted by Gasteiger charge is -2.33. The second-order valence-electron chi connectivity index (χ2n) is 5.21. The first-order valence-electron chi connectivity index (χ1n) is 6.13. The molecular formula is C13H21N3O. The van der Waals surface area contributed by atoms with Crippen molar-refractivity contribution in [1.82, 2.24) is 4.98 Å². The molecule has 94 valence electrons. The van der Waals surface area contributed by atoms with Crippen LogP contribution in [0.15, 0.2) is 12.3 Å². The number of aromatic nitrogens is 1. The third-order valence-electron chi connectivity index (χ3n) is 3.48. The summed E-state index contributed by atoms with van der Waals surface area (Å²) in [6, 6.07) is 1.95. The zero-order valence-electron chi connectivity index (χ0n) is 10.6. The number of nitrogens with zero attached hydrogens (tertiary/aromatic N) is 1. The number of pyridine rings is 1. The molecule has 17 heavy (non-hydrogen) atoms. The first-order valence-corrected chi connectivity index (χ1v) is 6.13. The van der Waals surface area contributed by atoms with Crippen LogP contribution >= 0.6 is 0 Å². The van der Waals surface area contributed by atoms with Crippen molar-refractivity contribution in [2.24, 2.45) is 5.41 Å². The lowest BCUT2D eigenvalue weighted by atomic mass is 9.82. The molecular weight excluding hydrogens is 214 g/mol. The quantitative estimate of drug-likeness (QED) is 0.843. The second kappa shape index (κ2) is 4.92. The van der Waals surface area contributed by atoms with E-state index in [-0.39, 0.29) is 0 Å². The van der Waals surface area contributed by atoms with Crippen LogP contribution in [0.5, 0.6) is 0 Å². The number of nitrogens with two attached hydrogens (primary N) is 1. The van der Waals surface area contributed by atoms with E-state index < -0.39 is 0 Å². The monoisotopic (exact) mass is 235 g/mol. The van der Waals surface area contributed by atoms with Gasteiger partial charge >= 0.3 is 0 Å². The number of hydrogen-bond acceptors (Lipinski definition) is 4. The minimum absolute atomic E-state index is 0.313. The molecule has 0 radical (unpaired) electrons. The highest BCUT2D eigenvalue weighted by molar-refractivity contribution is 5.50. The highest BCUT2D eigenvalue weighted by atomic mass is 16.5.